The number of pyridine rings is 1. The Morgan fingerprint density at radius 2 is 2.11 bits per heavy atom. The van der Waals surface area contributed by atoms with Crippen LogP contribution in [0.3, 0.4) is 0 Å². The summed E-state index contributed by atoms with van der Waals surface area (Å²) in [6.45, 7) is 0. The van der Waals surface area contributed by atoms with Gasteiger partial charge in [0.2, 0.25) is 0 Å². The van der Waals surface area contributed by atoms with E-state index in [2.05, 4.69) is 4.98 Å². The maximum Gasteiger partial charge on any atom is 0.129 e. The number of aliphatic hydroxyl groups excluding tert-OH is 1. The van der Waals surface area contributed by atoms with Crippen molar-refractivity contribution in [2.75, 3.05) is 7.11 Å². The molecule has 1 N–H and O–H groups in total. The molecular formula is C15H13NO2S. The summed E-state index contributed by atoms with van der Waals surface area (Å²) in [5, 5.41) is 13.3. The normalized spacial score (nSPS) is 12.5. The SMILES string of the molecule is COc1csc(C(O)c2cnc3ccccc3c2)c1. The fourth-order valence-corrected chi connectivity index (χ4v) is 2.85. The van der Waals surface area contributed by atoms with Crippen LogP contribution in [0, 0.1) is 0 Å². The fourth-order valence-electron chi connectivity index (χ4n) is 1.99. The number of methoxy groups -OCH3 is 1. The van der Waals surface area contributed by atoms with E-state index in [9.17, 15) is 5.11 Å². The van der Waals surface area contributed by atoms with Crippen molar-refractivity contribution >= 4 is 22.2 Å². The van der Waals surface area contributed by atoms with Crippen LogP contribution in [0.5, 0.6) is 5.75 Å². The largest absolute Gasteiger partial charge is 0.496 e. The summed E-state index contributed by atoms with van der Waals surface area (Å²) in [4.78, 5) is 5.22. The molecule has 3 nitrogen and oxygen atoms in total. The van der Waals surface area contributed by atoms with E-state index in [0.717, 1.165) is 27.1 Å². The molecule has 96 valence electrons. The highest BCUT2D eigenvalue weighted by atomic mass is 32.1. The Morgan fingerprint density at radius 1 is 1.26 bits per heavy atom. The van der Waals surface area contributed by atoms with Crippen LogP contribution in [0.4, 0.5) is 0 Å². The van der Waals surface area contributed by atoms with Gasteiger partial charge < -0.3 is 9.84 Å². The average molecular weight is 271 g/mol. The zero-order valence-corrected chi connectivity index (χ0v) is 11.2. The van der Waals surface area contributed by atoms with Gasteiger partial charge in [-0.15, -0.1) is 11.3 Å². The summed E-state index contributed by atoms with van der Waals surface area (Å²) in [6.07, 6.45) is 1.06. The fraction of sp³-hybridized carbons (Fsp3) is 0.133. The molecule has 2 heterocycles. The Hall–Kier alpha value is -1.91. The van der Waals surface area contributed by atoms with Gasteiger partial charge in [0.25, 0.3) is 0 Å². The molecule has 3 rings (SSSR count). The lowest BCUT2D eigenvalue weighted by molar-refractivity contribution is 0.223. The summed E-state index contributed by atoms with van der Waals surface area (Å²) >= 11 is 1.48. The topological polar surface area (TPSA) is 42.4 Å². The number of rotatable bonds is 3. The quantitative estimate of drug-likeness (QED) is 0.794. The molecule has 0 amide bonds. The highest BCUT2D eigenvalue weighted by Gasteiger charge is 2.14. The molecule has 0 saturated heterocycles. The maximum absolute atomic E-state index is 10.4. The van der Waals surface area contributed by atoms with Crippen LogP contribution in [0.1, 0.15) is 16.5 Å². The third kappa shape index (κ3) is 2.32. The lowest BCUT2D eigenvalue weighted by atomic mass is 10.1. The van der Waals surface area contributed by atoms with Gasteiger partial charge in [0, 0.05) is 27.4 Å². The van der Waals surface area contributed by atoms with Gasteiger partial charge >= 0.3 is 0 Å². The average Bonchev–Trinajstić information content (AvgIpc) is 2.95. The van der Waals surface area contributed by atoms with E-state index in [-0.39, 0.29) is 0 Å². The second-order valence-corrected chi connectivity index (χ2v) is 5.20. The number of para-hydroxylation sites is 1. The van der Waals surface area contributed by atoms with E-state index in [1.54, 1.807) is 13.3 Å². The first kappa shape index (κ1) is 12.1. The number of ether oxygens (including phenoxy) is 1. The smallest absolute Gasteiger partial charge is 0.129 e. The number of thiophene rings is 1. The molecule has 4 heteroatoms. The molecule has 2 aromatic heterocycles. The monoisotopic (exact) mass is 271 g/mol. The molecule has 0 aliphatic carbocycles. The predicted molar refractivity (Wildman–Crippen MR) is 76.7 cm³/mol. The second kappa shape index (κ2) is 4.99. The number of fused-ring (bicyclic) bond motifs is 1. The van der Waals surface area contributed by atoms with Crippen LogP contribution in [-0.2, 0) is 0 Å². The van der Waals surface area contributed by atoms with Crippen molar-refractivity contribution < 1.29 is 9.84 Å². The Kier molecular flexibility index (Phi) is 3.19. The van der Waals surface area contributed by atoms with Gasteiger partial charge in [0.05, 0.1) is 12.6 Å². The van der Waals surface area contributed by atoms with Crippen molar-refractivity contribution in [3.8, 4) is 5.75 Å². The minimum Gasteiger partial charge on any atom is -0.496 e. The van der Waals surface area contributed by atoms with Gasteiger partial charge in [0.15, 0.2) is 0 Å². The molecule has 0 aliphatic heterocycles. The van der Waals surface area contributed by atoms with Crippen molar-refractivity contribution in [3.05, 3.63) is 58.4 Å². The summed E-state index contributed by atoms with van der Waals surface area (Å²) in [5.41, 5.74) is 1.73. The first-order valence-corrected chi connectivity index (χ1v) is 6.81. The van der Waals surface area contributed by atoms with Gasteiger partial charge in [-0.2, -0.15) is 0 Å². The van der Waals surface area contributed by atoms with Crippen LogP contribution in [0.2, 0.25) is 0 Å². The summed E-state index contributed by atoms with van der Waals surface area (Å²) in [7, 11) is 1.62. The van der Waals surface area contributed by atoms with E-state index in [0.29, 0.717) is 0 Å². The number of aromatic nitrogens is 1. The molecule has 0 saturated carbocycles. The molecule has 19 heavy (non-hydrogen) atoms. The highest BCUT2D eigenvalue weighted by Crippen LogP contribution is 2.31. The van der Waals surface area contributed by atoms with E-state index >= 15 is 0 Å². The van der Waals surface area contributed by atoms with Gasteiger partial charge in [-0.3, -0.25) is 4.98 Å². The van der Waals surface area contributed by atoms with Crippen molar-refractivity contribution in [2.45, 2.75) is 6.10 Å². The molecule has 0 bridgehead atoms. The van der Waals surface area contributed by atoms with Crippen LogP contribution in [-0.4, -0.2) is 17.2 Å². The summed E-state index contributed by atoms with van der Waals surface area (Å²) < 4.78 is 5.13. The van der Waals surface area contributed by atoms with Gasteiger partial charge in [-0.1, -0.05) is 18.2 Å². The van der Waals surface area contributed by atoms with Gasteiger partial charge in [-0.05, 0) is 18.2 Å². The van der Waals surface area contributed by atoms with Gasteiger partial charge in [0.1, 0.15) is 11.9 Å². The Labute approximate surface area is 115 Å². The van der Waals surface area contributed by atoms with E-state index in [1.807, 2.05) is 41.8 Å². The molecule has 3 aromatic rings. The molecule has 0 aliphatic rings. The highest BCUT2D eigenvalue weighted by molar-refractivity contribution is 7.10. The molecule has 0 fully saturated rings. The molecule has 1 unspecified atom stereocenters. The molecular weight excluding hydrogens is 258 g/mol. The van der Waals surface area contributed by atoms with E-state index in [1.165, 1.54) is 11.3 Å². The third-order valence-corrected chi connectivity index (χ3v) is 3.99. The minimum absolute atomic E-state index is 0.661. The van der Waals surface area contributed by atoms with Crippen molar-refractivity contribution in [3.63, 3.8) is 0 Å². The molecule has 1 aromatic carbocycles. The predicted octanol–water partition coefficient (Wildman–Crippen LogP) is 3.39. The molecule has 0 spiro atoms. The molecule has 0 radical (unpaired) electrons. The third-order valence-electron chi connectivity index (χ3n) is 3.03. The first-order valence-electron chi connectivity index (χ1n) is 5.93. The van der Waals surface area contributed by atoms with Crippen LogP contribution in [0.15, 0.2) is 48.0 Å². The summed E-state index contributed by atoms with van der Waals surface area (Å²) in [5.74, 6) is 0.771. The van der Waals surface area contributed by atoms with Crippen molar-refractivity contribution in [1.29, 1.82) is 0 Å². The van der Waals surface area contributed by atoms with Crippen molar-refractivity contribution in [1.82, 2.24) is 4.98 Å². The Morgan fingerprint density at radius 3 is 2.89 bits per heavy atom. The van der Waals surface area contributed by atoms with Crippen LogP contribution < -0.4 is 4.74 Å². The number of benzene rings is 1. The lowest BCUT2D eigenvalue weighted by Gasteiger charge is -2.09. The Balaban J connectivity index is 1.98. The second-order valence-electron chi connectivity index (χ2n) is 4.25. The van der Waals surface area contributed by atoms with E-state index in [4.69, 9.17) is 4.74 Å². The summed E-state index contributed by atoms with van der Waals surface area (Å²) in [6, 6.07) is 11.7. The zero-order valence-electron chi connectivity index (χ0n) is 10.4. The standard InChI is InChI=1S/C15H13NO2S/c1-18-12-7-14(19-9-12)15(17)11-6-10-4-2-3-5-13(10)16-8-11/h2-9,15,17H,1H3. The number of hydrogen-bond donors (Lipinski definition) is 1. The number of hydrogen-bond acceptors (Lipinski definition) is 4. The first-order chi connectivity index (χ1) is 9.28. The minimum atomic E-state index is -0.661. The molecule has 1 atom stereocenters. The Bertz CT molecular complexity index is 708. The van der Waals surface area contributed by atoms with Gasteiger partial charge in [-0.25, -0.2) is 0 Å². The van der Waals surface area contributed by atoms with E-state index < -0.39 is 6.10 Å². The maximum atomic E-state index is 10.4. The van der Waals surface area contributed by atoms with Crippen molar-refractivity contribution in [2.24, 2.45) is 0 Å². The number of nitrogens with zero attached hydrogens (tertiary/aromatic N) is 1. The zero-order chi connectivity index (χ0) is 13.2. The lowest BCUT2D eigenvalue weighted by Crippen LogP contribution is -1.98. The van der Waals surface area contributed by atoms with Crippen LogP contribution in [0.25, 0.3) is 10.9 Å². The van der Waals surface area contributed by atoms with Crippen LogP contribution >= 0.6 is 11.3 Å². The number of aliphatic hydroxyl groups is 1.